The normalized spacial score (nSPS) is 20.8. The van der Waals surface area contributed by atoms with Crippen molar-refractivity contribution in [2.24, 2.45) is 5.92 Å². The average molecular weight is 508 g/mol. The number of benzene rings is 1. The summed E-state index contributed by atoms with van der Waals surface area (Å²) in [5.74, 6) is -0.191. The third kappa shape index (κ3) is 4.20. The first-order chi connectivity index (χ1) is 18.0. The minimum Gasteiger partial charge on any atom is -0.492 e. The van der Waals surface area contributed by atoms with Gasteiger partial charge >= 0.3 is 6.09 Å². The van der Waals surface area contributed by atoms with Gasteiger partial charge < -0.3 is 25.3 Å². The molecule has 1 aromatic carbocycles. The standard InChI is InChI=1S/C26H26FN5O5/c1-35-24-17(27)3-2-4-18(24)30-23-21-19-12-15(29-25(21)33)11-14-6-9-32(10-7-14)26(34)37-36-20-13-28-8-5-16(20)22(23)31-19/h2-5,8,13-15,30-31H,6-7,9-12H2,1H3,(H,29,33). The third-order valence-electron chi connectivity index (χ3n) is 7.27. The molecule has 0 radical (unpaired) electrons. The molecule has 2 aromatic heterocycles. The number of rotatable bonds is 3. The summed E-state index contributed by atoms with van der Waals surface area (Å²) in [4.78, 5) is 45.9. The number of fused-ring (bicyclic) bond motifs is 4. The van der Waals surface area contributed by atoms with E-state index in [4.69, 9.17) is 14.5 Å². The highest BCUT2D eigenvalue weighted by Crippen LogP contribution is 2.43. The van der Waals surface area contributed by atoms with E-state index in [0.717, 1.165) is 25.0 Å². The molecule has 3 aromatic rings. The van der Waals surface area contributed by atoms with Gasteiger partial charge in [-0.15, -0.1) is 0 Å². The van der Waals surface area contributed by atoms with Crippen LogP contribution in [0.5, 0.6) is 11.5 Å². The van der Waals surface area contributed by atoms with Crippen LogP contribution in [-0.2, 0) is 11.3 Å². The van der Waals surface area contributed by atoms with E-state index in [0.29, 0.717) is 53.6 Å². The number of aromatic nitrogens is 2. The second-order valence-corrected chi connectivity index (χ2v) is 9.52. The first-order valence-corrected chi connectivity index (χ1v) is 12.2. The lowest BCUT2D eigenvalue weighted by Gasteiger charge is -2.33. The lowest BCUT2D eigenvalue weighted by molar-refractivity contribution is -0.155. The summed E-state index contributed by atoms with van der Waals surface area (Å²) in [6.07, 6.45) is 5.48. The molecule has 3 N–H and O–H groups in total. The summed E-state index contributed by atoms with van der Waals surface area (Å²) in [6.45, 7) is 1.13. The van der Waals surface area contributed by atoms with Crippen molar-refractivity contribution >= 4 is 23.4 Å². The molecule has 0 spiro atoms. The largest absolute Gasteiger partial charge is 0.492 e. The number of piperidine rings is 1. The van der Waals surface area contributed by atoms with E-state index in [9.17, 15) is 14.0 Å². The zero-order valence-electron chi connectivity index (χ0n) is 20.2. The molecule has 10 nitrogen and oxygen atoms in total. The van der Waals surface area contributed by atoms with Crippen LogP contribution in [-0.4, -0.2) is 53.1 Å². The lowest BCUT2D eigenvalue weighted by atomic mass is 9.87. The predicted molar refractivity (Wildman–Crippen MR) is 131 cm³/mol. The highest BCUT2D eigenvalue weighted by molar-refractivity contribution is 6.07. The molecule has 37 heavy (non-hydrogen) atoms. The van der Waals surface area contributed by atoms with Crippen molar-refractivity contribution < 1.29 is 28.5 Å². The Balaban J connectivity index is 1.49. The molecule has 11 heteroatoms. The number of nitrogens with zero attached hydrogens (tertiary/aromatic N) is 2. The summed E-state index contributed by atoms with van der Waals surface area (Å²) in [5, 5.41) is 6.37. The average Bonchev–Trinajstić information content (AvgIpc) is 3.25. The molecule has 4 aliphatic heterocycles. The van der Waals surface area contributed by atoms with Gasteiger partial charge in [0.15, 0.2) is 11.6 Å². The zero-order chi connectivity index (χ0) is 25.5. The van der Waals surface area contributed by atoms with Crippen LogP contribution >= 0.6 is 0 Å². The molecule has 1 atom stereocenters. The SMILES string of the molecule is COc1c(F)cccc1Nc1c2[nH]c3c1C(=O)NC(C3)CC1CCN(CC1)C(=O)OOc1cnccc1-2. The topological polar surface area (TPSA) is 118 Å². The number of nitrogens with one attached hydrogen (secondary N) is 3. The van der Waals surface area contributed by atoms with Crippen LogP contribution in [0.1, 0.15) is 35.3 Å². The maximum atomic E-state index is 14.5. The Hall–Kier alpha value is -4.28. The Morgan fingerprint density at radius 1 is 1.19 bits per heavy atom. The number of H-pyrrole nitrogens is 1. The fourth-order valence-electron chi connectivity index (χ4n) is 5.47. The van der Waals surface area contributed by atoms with Gasteiger partial charge in [-0.3, -0.25) is 14.7 Å². The highest BCUT2D eigenvalue weighted by atomic mass is 19.1. The van der Waals surface area contributed by atoms with Crippen molar-refractivity contribution in [1.29, 1.82) is 0 Å². The van der Waals surface area contributed by atoms with Gasteiger partial charge in [0.2, 0.25) is 5.75 Å². The number of methoxy groups -OCH3 is 1. The fourth-order valence-corrected chi connectivity index (χ4v) is 5.47. The molecular weight excluding hydrogens is 481 g/mol. The van der Waals surface area contributed by atoms with Crippen LogP contribution in [0.15, 0.2) is 36.7 Å². The Morgan fingerprint density at radius 3 is 2.84 bits per heavy atom. The van der Waals surface area contributed by atoms with Crippen LogP contribution in [0.25, 0.3) is 11.3 Å². The minimum atomic E-state index is -0.559. The van der Waals surface area contributed by atoms with Gasteiger partial charge in [-0.2, -0.15) is 0 Å². The summed E-state index contributed by atoms with van der Waals surface area (Å²) < 4.78 is 19.8. The van der Waals surface area contributed by atoms with E-state index in [2.05, 4.69) is 20.6 Å². The zero-order valence-corrected chi connectivity index (χ0v) is 20.2. The quantitative estimate of drug-likeness (QED) is 0.456. The predicted octanol–water partition coefficient (Wildman–Crippen LogP) is 4.17. The van der Waals surface area contributed by atoms with E-state index < -0.39 is 11.9 Å². The monoisotopic (exact) mass is 507 g/mol. The number of ether oxygens (including phenoxy) is 1. The summed E-state index contributed by atoms with van der Waals surface area (Å²) >= 11 is 0. The van der Waals surface area contributed by atoms with E-state index in [1.807, 2.05) is 0 Å². The van der Waals surface area contributed by atoms with Gasteiger partial charge in [0.25, 0.3) is 5.91 Å². The van der Waals surface area contributed by atoms with Gasteiger partial charge in [0, 0.05) is 37.4 Å². The number of anilines is 2. The first-order valence-electron chi connectivity index (χ1n) is 12.2. The van der Waals surface area contributed by atoms with Crippen molar-refractivity contribution in [3.05, 3.63) is 53.7 Å². The smallest absolute Gasteiger partial charge is 0.452 e. The highest BCUT2D eigenvalue weighted by Gasteiger charge is 2.35. The number of halogens is 1. The first kappa shape index (κ1) is 23.1. The Morgan fingerprint density at radius 2 is 2.03 bits per heavy atom. The molecule has 6 heterocycles. The Labute approximate surface area is 212 Å². The number of hydrogen-bond donors (Lipinski definition) is 3. The van der Waals surface area contributed by atoms with E-state index in [-0.39, 0.29) is 23.4 Å². The third-order valence-corrected chi connectivity index (χ3v) is 7.27. The molecule has 5 bridgehead atoms. The van der Waals surface area contributed by atoms with Gasteiger partial charge in [-0.05, 0) is 43.4 Å². The number of para-hydroxylation sites is 1. The van der Waals surface area contributed by atoms with Crippen LogP contribution in [0.4, 0.5) is 20.6 Å². The van der Waals surface area contributed by atoms with Crippen LogP contribution < -0.4 is 20.3 Å². The molecule has 0 saturated carbocycles. The summed E-state index contributed by atoms with van der Waals surface area (Å²) in [7, 11) is 1.38. The molecule has 0 aliphatic carbocycles. The number of aromatic amines is 1. The number of hydrogen-bond acceptors (Lipinski definition) is 7. The Bertz CT molecular complexity index is 1370. The number of pyridine rings is 1. The molecule has 1 unspecified atom stereocenters. The Kier molecular flexibility index (Phi) is 5.82. The fraction of sp³-hybridized carbons (Fsp3) is 0.346. The molecular formula is C26H26FN5O5. The van der Waals surface area contributed by atoms with Crippen LogP contribution in [0, 0.1) is 11.7 Å². The molecule has 7 rings (SSSR count). The number of carbonyl (C=O) groups excluding carboxylic acids is 2. The maximum Gasteiger partial charge on any atom is 0.452 e. The van der Waals surface area contributed by atoms with Crippen LogP contribution in [0.3, 0.4) is 0 Å². The summed E-state index contributed by atoms with van der Waals surface area (Å²) in [5.41, 5.74) is 2.98. The maximum absolute atomic E-state index is 14.5. The van der Waals surface area contributed by atoms with Crippen LogP contribution in [0.2, 0.25) is 0 Å². The van der Waals surface area contributed by atoms with E-state index in [1.54, 1.807) is 29.3 Å². The number of carbonyl (C=O) groups is 2. The van der Waals surface area contributed by atoms with Crippen molar-refractivity contribution in [3.63, 3.8) is 0 Å². The molecule has 192 valence electrons. The van der Waals surface area contributed by atoms with Gasteiger partial charge in [0.05, 0.1) is 41.5 Å². The van der Waals surface area contributed by atoms with Gasteiger partial charge in [-0.1, -0.05) is 6.07 Å². The second-order valence-electron chi connectivity index (χ2n) is 9.52. The molecule has 2 amide bonds. The van der Waals surface area contributed by atoms with E-state index >= 15 is 0 Å². The minimum absolute atomic E-state index is 0.0184. The summed E-state index contributed by atoms with van der Waals surface area (Å²) in [6, 6.07) is 6.15. The molecule has 4 aliphatic rings. The van der Waals surface area contributed by atoms with E-state index in [1.165, 1.54) is 19.4 Å². The lowest BCUT2D eigenvalue weighted by Crippen LogP contribution is -2.44. The second kappa shape index (κ2) is 9.30. The van der Waals surface area contributed by atoms with Crippen molar-refractivity contribution in [1.82, 2.24) is 20.2 Å². The number of amides is 2. The molecule has 1 fully saturated rings. The van der Waals surface area contributed by atoms with Crippen molar-refractivity contribution in [3.8, 4) is 22.8 Å². The van der Waals surface area contributed by atoms with Crippen molar-refractivity contribution in [2.75, 3.05) is 25.5 Å². The van der Waals surface area contributed by atoms with Gasteiger partial charge in [-0.25, -0.2) is 14.1 Å². The van der Waals surface area contributed by atoms with Crippen molar-refractivity contribution in [2.45, 2.75) is 31.7 Å². The van der Waals surface area contributed by atoms with Gasteiger partial charge in [0.1, 0.15) is 0 Å². The molecule has 1 saturated heterocycles.